The monoisotopic (exact) mass is 289 g/mol. The van der Waals surface area contributed by atoms with Crippen LogP contribution in [0.1, 0.15) is 11.6 Å². The second-order valence-corrected chi connectivity index (χ2v) is 4.70. The van der Waals surface area contributed by atoms with Crippen molar-refractivity contribution < 1.29 is 4.42 Å². The molecular formula is C13H12ClN5O. The van der Waals surface area contributed by atoms with Crippen LogP contribution in [-0.2, 0) is 13.0 Å². The molecule has 7 heteroatoms. The largest absolute Gasteiger partial charge is 0.419 e. The molecule has 0 aliphatic rings. The molecule has 20 heavy (non-hydrogen) atoms. The van der Waals surface area contributed by atoms with Crippen LogP contribution in [-0.4, -0.2) is 25.0 Å². The van der Waals surface area contributed by atoms with Crippen LogP contribution in [0, 0.1) is 6.92 Å². The number of hydrogen-bond donors (Lipinski definition) is 0. The fourth-order valence-electron chi connectivity index (χ4n) is 1.77. The summed E-state index contributed by atoms with van der Waals surface area (Å²) in [5.41, 5.74) is 1.48. The first-order valence-electron chi connectivity index (χ1n) is 6.16. The van der Waals surface area contributed by atoms with E-state index in [2.05, 4.69) is 20.3 Å². The maximum absolute atomic E-state index is 5.95. The molecule has 0 atom stereocenters. The minimum atomic E-state index is 0.426. The predicted molar refractivity (Wildman–Crippen MR) is 73.2 cm³/mol. The highest BCUT2D eigenvalue weighted by atomic mass is 35.5. The Labute approximate surface area is 120 Å². The van der Waals surface area contributed by atoms with E-state index in [1.165, 1.54) is 0 Å². The molecule has 0 fully saturated rings. The second-order valence-electron chi connectivity index (χ2n) is 4.29. The number of hydrogen-bond acceptors (Lipinski definition) is 5. The van der Waals surface area contributed by atoms with E-state index in [1.807, 2.05) is 25.1 Å². The van der Waals surface area contributed by atoms with Crippen molar-refractivity contribution in [2.45, 2.75) is 19.9 Å². The van der Waals surface area contributed by atoms with E-state index < -0.39 is 0 Å². The summed E-state index contributed by atoms with van der Waals surface area (Å²) < 4.78 is 7.34. The van der Waals surface area contributed by atoms with Gasteiger partial charge in [-0.15, -0.1) is 10.2 Å². The highest BCUT2D eigenvalue weighted by Gasteiger charge is 2.10. The first-order chi connectivity index (χ1) is 9.72. The zero-order valence-electron chi connectivity index (χ0n) is 10.8. The van der Waals surface area contributed by atoms with Gasteiger partial charge in [-0.2, -0.15) is 5.10 Å². The number of rotatable bonds is 4. The summed E-state index contributed by atoms with van der Waals surface area (Å²) in [5, 5.41) is 12.9. The molecule has 0 amide bonds. The molecule has 0 aromatic carbocycles. The summed E-state index contributed by atoms with van der Waals surface area (Å²) in [6, 6.07) is 5.54. The molecule has 3 aromatic heterocycles. The third-order valence-corrected chi connectivity index (χ3v) is 3.16. The minimum Gasteiger partial charge on any atom is -0.419 e. The maximum Gasteiger partial charge on any atom is 0.266 e. The van der Waals surface area contributed by atoms with Gasteiger partial charge in [-0.25, -0.2) is 0 Å². The lowest BCUT2D eigenvalue weighted by molar-refractivity contribution is 0.473. The number of aryl methyl sites for hydroxylation is 3. The van der Waals surface area contributed by atoms with Crippen molar-refractivity contribution in [1.29, 1.82) is 0 Å². The van der Waals surface area contributed by atoms with Gasteiger partial charge in [0, 0.05) is 25.4 Å². The molecule has 0 N–H and O–H groups in total. The zero-order valence-corrected chi connectivity index (χ0v) is 11.6. The third-order valence-electron chi connectivity index (χ3n) is 2.79. The zero-order chi connectivity index (χ0) is 13.9. The van der Waals surface area contributed by atoms with Gasteiger partial charge < -0.3 is 4.42 Å². The molecule has 6 nitrogen and oxygen atoms in total. The van der Waals surface area contributed by atoms with Gasteiger partial charge in [0.1, 0.15) is 5.69 Å². The number of nitrogens with zero attached hydrogens (tertiary/aromatic N) is 5. The van der Waals surface area contributed by atoms with Crippen molar-refractivity contribution in [3.05, 3.63) is 47.2 Å². The molecule has 0 aliphatic carbocycles. The Balaban J connectivity index is 1.69. The van der Waals surface area contributed by atoms with Crippen LogP contribution < -0.4 is 0 Å². The van der Waals surface area contributed by atoms with Crippen LogP contribution in [0.2, 0.25) is 5.02 Å². The second kappa shape index (κ2) is 5.42. The van der Waals surface area contributed by atoms with Crippen molar-refractivity contribution in [2.24, 2.45) is 0 Å². The topological polar surface area (TPSA) is 69.6 Å². The summed E-state index contributed by atoms with van der Waals surface area (Å²) in [5.74, 6) is 0.977. The fourth-order valence-corrected chi connectivity index (χ4v) is 1.92. The molecule has 3 rings (SSSR count). The fraction of sp³-hybridized carbons (Fsp3) is 0.231. The van der Waals surface area contributed by atoms with E-state index in [1.54, 1.807) is 17.1 Å². The van der Waals surface area contributed by atoms with Gasteiger partial charge in [0.2, 0.25) is 5.89 Å². The summed E-state index contributed by atoms with van der Waals surface area (Å²) in [4.78, 5) is 4.16. The van der Waals surface area contributed by atoms with Gasteiger partial charge in [0.15, 0.2) is 0 Å². The van der Waals surface area contributed by atoms with Crippen LogP contribution in [0.3, 0.4) is 0 Å². The molecule has 3 aromatic rings. The predicted octanol–water partition coefficient (Wildman–Crippen LogP) is 2.53. The van der Waals surface area contributed by atoms with Crippen molar-refractivity contribution in [2.75, 3.05) is 0 Å². The van der Waals surface area contributed by atoms with Gasteiger partial charge in [0.25, 0.3) is 5.89 Å². The standard InChI is InChI=1S/C13H12ClN5O/c1-9-10(14)8-19(18-9)7-5-12-16-17-13(20-12)11-4-2-3-6-15-11/h2-4,6,8H,5,7H2,1H3. The molecule has 0 bridgehead atoms. The van der Waals surface area contributed by atoms with E-state index in [0.717, 1.165) is 5.69 Å². The minimum absolute atomic E-state index is 0.426. The van der Waals surface area contributed by atoms with Gasteiger partial charge in [-0.1, -0.05) is 17.7 Å². The molecule has 0 spiro atoms. The Morgan fingerprint density at radius 1 is 1.30 bits per heavy atom. The molecule has 0 unspecified atom stereocenters. The van der Waals surface area contributed by atoms with Crippen LogP contribution in [0.25, 0.3) is 11.6 Å². The maximum atomic E-state index is 5.95. The molecule has 3 heterocycles. The van der Waals surface area contributed by atoms with Crippen molar-refractivity contribution in [3.8, 4) is 11.6 Å². The van der Waals surface area contributed by atoms with Gasteiger partial charge in [0.05, 0.1) is 10.7 Å². The molecule has 102 valence electrons. The molecule has 0 saturated carbocycles. The normalized spacial score (nSPS) is 10.9. The lowest BCUT2D eigenvalue weighted by Gasteiger charge is -1.97. The summed E-state index contributed by atoms with van der Waals surface area (Å²) in [6.07, 6.45) is 4.07. The first kappa shape index (κ1) is 12.8. The van der Waals surface area contributed by atoms with Gasteiger partial charge in [-0.3, -0.25) is 9.67 Å². The van der Waals surface area contributed by atoms with Crippen molar-refractivity contribution >= 4 is 11.6 Å². The highest BCUT2D eigenvalue weighted by Crippen LogP contribution is 2.15. The van der Waals surface area contributed by atoms with Crippen molar-refractivity contribution in [3.63, 3.8) is 0 Å². The van der Waals surface area contributed by atoms with E-state index in [0.29, 0.717) is 35.5 Å². The van der Waals surface area contributed by atoms with E-state index in [4.69, 9.17) is 16.0 Å². The van der Waals surface area contributed by atoms with Crippen LogP contribution >= 0.6 is 11.6 Å². The average Bonchev–Trinajstić information content (AvgIpc) is 3.05. The lowest BCUT2D eigenvalue weighted by atomic mass is 10.3. The molecule has 0 aliphatic heterocycles. The van der Waals surface area contributed by atoms with Crippen LogP contribution in [0.15, 0.2) is 35.0 Å². The van der Waals surface area contributed by atoms with E-state index in [-0.39, 0.29) is 0 Å². The summed E-state index contributed by atoms with van der Waals surface area (Å²) in [6.45, 7) is 2.50. The quantitative estimate of drug-likeness (QED) is 0.738. The first-order valence-corrected chi connectivity index (χ1v) is 6.53. The highest BCUT2D eigenvalue weighted by molar-refractivity contribution is 6.31. The Bertz CT molecular complexity index is 687. The molecule has 0 radical (unpaired) electrons. The Morgan fingerprint density at radius 3 is 2.90 bits per heavy atom. The van der Waals surface area contributed by atoms with Crippen molar-refractivity contribution in [1.82, 2.24) is 25.0 Å². The molecule has 0 saturated heterocycles. The number of pyridine rings is 1. The van der Waals surface area contributed by atoms with Crippen LogP contribution in [0.5, 0.6) is 0 Å². The summed E-state index contributed by atoms with van der Waals surface area (Å²) >= 11 is 5.95. The SMILES string of the molecule is Cc1nn(CCc2nnc(-c3ccccn3)o2)cc1Cl. The van der Waals surface area contributed by atoms with Gasteiger partial charge >= 0.3 is 0 Å². The number of halogens is 1. The van der Waals surface area contributed by atoms with E-state index >= 15 is 0 Å². The lowest BCUT2D eigenvalue weighted by Crippen LogP contribution is -2.02. The Morgan fingerprint density at radius 2 is 2.20 bits per heavy atom. The molecular weight excluding hydrogens is 278 g/mol. The van der Waals surface area contributed by atoms with Crippen LogP contribution in [0.4, 0.5) is 0 Å². The Kier molecular flexibility index (Phi) is 3.47. The summed E-state index contributed by atoms with van der Waals surface area (Å²) in [7, 11) is 0. The average molecular weight is 290 g/mol. The number of aromatic nitrogens is 5. The third kappa shape index (κ3) is 2.70. The smallest absolute Gasteiger partial charge is 0.266 e. The van der Waals surface area contributed by atoms with E-state index in [9.17, 15) is 0 Å². The van der Waals surface area contributed by atoms with Gasteiger partial charge in [-0.05, 0) is 19.1 Å². The Hall–Kier alpha value is -2.21.